The molecule has 1 unspecified atom stereocenters. The zero-order valence-corrected chi connectivity index (χ0v) is 31.2. The van der Waals surface area contributed by atoms with Crippen molar-refractivity contribution in [3.63, 3.8) is 0 Å². The maximum Gasteiger partial charge on any atom is 0.235 e. The highest BCUT2D eigenvalue weighted by molar-refractivity contribution is 6.13. The summed E-state index contributed by atoms with van der Waals surface area (Å²) >= 11 is 0. The molecule has 3 aromatic heterocycles. The minimum absolute atomic E-state index is 0.606. The Bertz CT molecular complexity index is 3430. The van der Waals surface area contributed by atoms with Crippen molar-refractivity contribution in [1.82, 2.24) is 19.1 Å². The van der Waals surface area contributed by atoms with Gasteiger partial charge in [-0.3, -0.25) is 4.57 Å². The number of rotatable bonds is 3. The molecule has 1 atom stereocenters. The van der Waals surface area contributed by atoms with Gasteiger partial charge in [-0.2, -0.15) is 0 Å². The lowest BCUT2D eigenvalue weighted by Crippen LogP contribution is -2.37. The first kappa shape index (κ1) is 31.4. The van der Waals surface area contributed by atoms with Gasteiger partial charge in [-0.25, -0.2) is 9.97 Å². The number of benzene rings is 8. The topological polar surface area (TPSA) is 44.9 Å². The lowest BCUT2D eigenvalue weighted by atomic mass is 9.61. The molecule has 270 valence electrons. The average molecular weight is 741 g/mol. The van der Waals surface area contributed by atoms with E-state index < -0.39 is 5.41 Å². The van der Waals surface area contributed by atoms with E-state index in [-0.39, 0.29) is 0 Å². The SMILES string of the molecule is c1ccc(-c2cc(-c3ccccc3)nc(-n3c4ccccc4c4cc5c(cc43)Oc3ccccc3C53c4ccccc4-n4c5ccccc5c5cccc3c54)n2)cc1. The zero-order chi connectivity index (χ0) is 38.0. The van der Waals surface area contributed by atoms with E-state index in [2.05, 4.69) is 191 Å². The van der Waals surface area contributed by atoms with Crippen LogP contribution in [0.1, 0.15) is 22.3 Å². The van der Waals surface area contributed by atoms with Crippen LogP contribution in [0.2, 0.25) is 0 Å². The van der Waals surface area contributed by atoms with E-state index in [9.17, 15) is 0 Å². The molecule has 5 heteroatoms. The molecule has 13 rings (SSSR count). The number of aromatic nitrogens is 4. The Morgan fingerprint density at radius 1 is 0.379 bits per heavy atom. The fourth-order valence-corrected chi connectivity index (χ4v) is 10.0. The highest BCUT2D eigenvalue weighted by Gasteiger charge is 2.50. The molecule has 0 saturated carbocycles. The van der Waals surface area contributed by atoms with E-state index in [4.69, 9.17) is 14.7 Å². The second-order valence-corrected chi connectivity index (χ2v) is 15.3. The number of hydrogen-bond acceptors (Lipinski definition) is 3. The van der Waals surface area contributed by atoms with Crippen molar-refractivity contribution in [3.8, 4) is 45.6 Å². The highest BCUT2D eigenvalue weighted by Crippen LogP contribution is 2.61. The summed E-state index contributed by atoms with van der Waals surface area (Å²) in [4.78, 5) is 10.6. The molecule has 5 nitrogen and oxygen atoms in total. The number of fused-ring (bicyclic) bond motifs is 14. The van der Waals surface area contributed by atoms with Crippen LogP contribution < -0.4 is 4.74 Å². The first-order valence-electron chi connectivity index (χ1n) is 19.8. The Morgan fingerprint density at radius 2 is 0.948 bits per heavy atom. The van der Waals surface area contributed by atoms with Gasteiger partial charge >= 0.3 is 0 Å². The van der Waals surface area contributed by atoms with Gasteiger partial charge in [0.05, 0.1) is 44.6 Å². The predicted molar refractivity (Wildman–Crippen MR) is 234 cm³/mol. The van der Waals surface area contributed by atoms with Crippen LogP contribution in [0.5, 0.6) is 11.5 Å². The maximum absolute atomic E-state index is 7.08. The molecule has 5 heterocycles. The average Bonchev–Trinajstić information content (AvgIpc) is 3.81. The van der Waals surface area contributed by atoms with Crippen molar-refractivity contribution in [3.05, 3.63) is 216 Å². The monoisotopic (exact) mass is 740 g/mol. The highest BCUT2D eigenvalue weighted by atomic mass is 16.5. The molecule has 0 N–H and O–H groups in total. The Morgan fingerprint density at radius 3 is 1.69 bits per heavy atom. The van der Waals surface area contributed by atoms with E-state index in [1.54, 1.807) is 0 Å². The van der Waals surface area contributed by atoms with Crippen molar-refractivity contribution < 1.29 is 4.74 Å². The fourth-order valence-electron chi connectivity index (χ4n) is 10.0. The molecule has 11 aromatic rings. The Balaban J connectivity index is 1.16. The summed E-state index contributed by atoms with van der Waals surface area (Å²) in [7, 11) is 0. The van der Waals surface area contributed by atoms with E-state index in [0.29, 0.717) is 5.95 Å². The molecule has 2 aliphatic rings. The van der Waals surface area contributed by atoms with Crippen LogP contribution in [0, 0.1) is 0 Å². The largest absolute Gasteiger partial charge is 0.457 e. The van der Waals surface area contributed by atoms with Gasteiger partial charge < -0.3 is 9.30 Å². The Hall–Kier alpha value is -7.76. The van der Waals surface area contributed by atoms with Gasteiger partial charge in [0.1, 0.15) is 11.5 Å². The Labute approximate surface area is 333 Å². The summed E-state index contributed by atoms with van der Waals surface area (Å²) in [5.74, 6) is 2.27. The summed E-state index contributed by atoms with van der Waals surface area (Å²) in [5.41, 5.74) is 13.5. The number of para-hydroxylation sites is 5. The molecule has 0 aliphatic carbocycles. The van der Waals surface area contributed by atoms with E-state index >= 15 is 0 Å². The van der Waals surface area contributed by atoms with Crippen molar-refractivity contribution in [1.29, 1.82) is 0 Å². The van der Waals surface area contributed by atoms with Crippen LogP contribution in [0.15, 0.2) is 194 Å². The predicted octanol–water partition coefficient (Wildman–Crippen LogP) is 12.8. The first-order chi connectivity index (χ1) is 28.8. The van der Waals surface area contributed by atoms with Crippen molar-refractivity contribution in [2.24, 2.45) is 0 Å². The fraction of sp³-hybridized carbons (Fsp3) is 0.0189. The van der Waals surface area contributed by atoms with Crippen molar-refractivity contribution >= 4 is 43.6 Å². The van der Waals surface area contributed by atoms with Gasteiger partial charge in [0, 0.05) is 49.9 Å². The van der Waals surface area contributed by atoms with Crippen LogP contribution in [-0.2, 0) is 5.41 Å². The minimum Gasteiger partial charge on any atom is -0.457 e. The van der Waals surface area contributed by atoms with Gasteiger partial charge in [0.25, 0.3) is 0 Å². The number of nitrogens with zero attached hydrogens (tertiary/aromatic N) is 4. The first-order valence-corrected chi connectivity index (χ1v) is 19.8. The third-order valence-corrected chi connectivity index (χ3v) is 12.4. The second-order valence-electron chi connectivity index (χ2n) is 15.3. The van der Waals surface area contributed by atoms with Crippen LogP contribution in [-0.4, -0.2) is 19.1 Å². The third-order valence-electron chi connectivity index (χ3n) is 12.4. The Kier molecular flexibility index (Phi) is 6.31. The molecule has 2 aliphatic heterocycles. The lowest BCUT2D eigenvalue weighted by Gasteiger charge is -2.45. The van der Waals surface area contributed by atoms with Gasteiger partial charge in [-0.1, -0.05) is 152 Å². The minimum atomic E-state index is -0.674. The molecule has 58 heavy (non-hydrogen) atoms. The molecule has 0 bridgehead atoms. The van der Waals surface area contributed by atoms with Crippen LogP contribution >= 0.6 is 0 Å². The molecule has 0 saturated heterocycles. The van der Waals surface area contributed by atoms with E-state index in [0.717, 1.165) is 66.9 Å². The lowest BCUT2D eigenvalue weighted by molar-refractivity contribution is 0.434. The van der Waals surface area contributed by atoms with E-state index in [1.807, 2.05) is 12.1 Å². The van der Waals surface area contributed by atoms with Crippen LogP contribution in [0.25, 0.3) is 77.8 Å². The molecular weight excluding hydrogens is 709 g/mol. The summed E-state index contributed by atoms with van der Waals surface area (Å²) < 4.78 is 11.8. The quantitative estimate of drug-likeness (QED) is 0.181. The van der Waals surface area contributed by atoms with Crippen molar-refractivity contribution in [2.75, 3.05) is 0 Å². The summed E-state index contributed by atoms with van der Waals surface area (Å²) in [6.07, 6.45) is 0. The second kappa shape index (κ2) is 11.6. The normalized spacial score (nSPS) is 15.1. The molecule has 1 spiro atoms. The van der Waals surface area contributed by atoms with Gasteiger partial charge in [-0.15, -0.1) is 0 Å². The standard InChI is InChI=1S/C53H32N4O/c1-3-16-33(17-4-1)43-31-44(34-18-5-2-6-19-34)55-52(54-43)57-46-27-12-8-21-36(46)38-30-42-50(32-48(38)57)58-49-29-14-10-24-40(49)53(42)39-23-9-13-28-47(39)56-45-26-11-7-20-35(45)37-22-15-25-41(53)51(37)56/h1-32H. The smallest absolute Gasteiger partial charge is 0.235 e. The van der Waals surface area contributed by atoms with Gasteiger partial charge in [0.15, 0.2) is 0 Å². The van der Waals surface area contributed by atoms with Gasteiger partial charge in [-0.05, 0) is 47.5 Å². The number of ether oxygens (including phenoxy) is 1. The molecule has 8 aromatic carbocycles. The van der Waals surface area contributed by atoms with Crippen molar-refractivity contribution in [2.45, 2.75) is 5.41 Å². The summed E-state index contributed by atoms with van der Waals surface area (Å²) in [5, 5.41) is 4.73. The van der Waals surface area contributed by atoms with Crippen LogP contribution in [0.4, 0.5) is 0 Å². The third kappa shape index (κ3) is 4.09. The van der Waals surface area contributed by atoms with Crippen LogP contribution in [0.3, 0.4) is 0 Å². The number of hydrogen-bond donors (Lipinski definition) is 0. The molecule has 0 fully saturated rings. The molecule has 0 radical (unpaired) electrons. The maximum atomic E-state index is 7.08. The zero-order valence-electron chi connectivity index (χ0n) is 31.2. The van der Waals surface area contributed by atoms with E-state index in [1.165, 1.54) is 38.6 Å². The van der Waals surface area contributed by atoms with Gasteiger partial charge in [0.2, 0.25) is 5.95 Å². The summed E-state index contributed by atoms with van der Waals surface area (Å²) in [6.45, 7) is 0. The molecular formula is C53H32N4O. The summed E-state index contributed by atoms with van der Waals surface area (Å²) in [6, 6.07) is 69.2. The molecule has 0 amide bonds.